The molecule has 1 heterocycles. The molecule has 1 N–H and O–H groups in total. The first-order valence-electron chi connectivity index (χ1n) is 9.15. The van der Waals surface area contributed by atoms with Crippen LogP contribution in [0.15, 0.2) is 42.5 Å². The van der Waals surface area contributed by atoms with Crippen molar-refractivity contribution < 1.29 is 14.4 Å². The number of carbonyl (C=O) groups excluding carboxylic acids is 3. The molecule has 3 amide bonds. The van der Waals surface area contributed by atoms with Crippen molar-refractivity contribution in [3.8, 4) is 0 Å². The van der Waals surface area contributed by atoms with Crippen LogP contribution in [-0.2, 0) is 4.79 Å². The number of hydrogen-bond acceptors (Lipinski definition) is 3. The van der Waals surface area contributed by atoms with Gasteiger partial charge in [0.05, 0.1) is 11.1 Å². The molecule has 0 unspecified atom stereocenters. The SMILES string of the molecule is Cc1cccc(NC(=O)[C@@H](CC(C)C)N2C(=O)c3ccccc3C2=O)c1C. The molecule has 0 bridgehead atoms. The minimum Gasteiger partial charge on any atom is -0.324 e. The molecular formula is C22H24N2O3. The number of nitrogens with zero attached hydrogens (tertiary/aromatic N) is 1. The second-order valence-corrected chi connectivity index (χ2v) is 7.41. The Balaban J connectivity index is 1.93. The largest absolute Gasteiger partial charge is 0.324 e. The second-order valence-electron chi connectivity index (χ2n) is 7.41. The van der Waals surface area contributed by atoms with Gasteiger partial charge in [-0.05, 0) is 55.5 Å². The number of hydrogen-bond donors (Lipinski definition) is 1. The number of rotatable bonds is 5. The van der Waals surface area contributed by atoms with Crippen LogP contribution in [0, 0.1) is 19.8 Å². The van der Waals surface area contributed by atoms with E-state index in [2.05, 4.69) is 5.32 Å². The van der Waals surface area contributed by atoms with Crippen LogP contribution in [0.4, 0.5) is 5.69 Å². The normalized spacial score (nSPS) is 14.5. The van der Waals surface area contributed by atoms with Gasteiger partial charge in [0.15, 0.2) is 0 Å². The standard InChI is InChI=1S/C22H24N2O3/c1-13(2)12-19(20(25)23-18-11-7-8-14(3)15(18)4)24-21(26)16-9-5-6-10-17(16)22(24)27/h5-11,13,19H,12H2,1-4H3,(H,23,25)/t19-/m1/s1. The van der Waals surface area contributed by atoms with E-state index in [1.807, 2.05) is 45.9 Å². The number of aryl methyl sites for hydroxylation is 1. The molecule has 5 nitrogen and oxygen atoms in total. The van der Waals surface area contributed by atoms with Crippen LogP contribution in [-0.4, -0.2) is 28.7 Å². The molecule has 27 heavy (non-hydrogen) atoms. The van der Waals surface area contributed by atoms with Gasteiger partial charge in [0.25, 0.3) is 11.8 Å². The lowest BCUT2D eigenvalue weighted by molar-refractivity contribution is -0.120. The number of benzene rings is 2. The molecule has 0 aliphatic carbocycles. The Morgan fingerprint density at radius 1 is 0.963 bits per heavy atom. The van der Waals surface area contributed by atoms with Crippen molar-refractivity contribution >= 4 is 23.4 Å². The molecule has 0 spiro atoms. The zero-order valence-electron chi connectivity index (χ0n) is 16.1. The van der Waals surface area contributed by atoms with E-state index in [0.29, 0.717) is 23.2 Å². The zero-order chi connectivity index (χ0) is 19.7. The van der Waals surface area contributed by atoms with Crippen molar-refractivity contribution in [1.82, 2.24) is 4.90 Å². The number of imide groups is 1. The van der Waals surface area contributed by atoms with Gasteiger partial charge in [-0.1, -0.05) is 38.1 Å². The molecule has 1 aliphatic heterocycles. The van der Waals surface area contributed by atoms with Gasteiger partial charge >= 0.3 is 0 Å². The van der Waals surface area contributed by atoms with E-state index < -0.39 is 17.9 Å². The van der Waals surface area contributed by atoms with E-state index >= 15 is 0 Å². The van der Waals surface area contributed by atoms with Crippen LogP contribution in [0.1, 0.15) is 52.1 Å². The van der Waals surface area contributed by atoms with Crippen molar-refractivity contribution in [2.75, 3.05) is 5.32 Å². The molecule has 2 aromatic rings. The monoisotopic (exact) mass is 364 g/mol. The number of amides is 3. The fourth-order valence-electron chi connectivity index (χ4n) is 3.37. The summed E-state index contributed by atoms with van der Waals surface area (Å²) in [5, 5.41) is 2.92. The molecule has 5 heteroatoms. The Hall–Kier alpha value is -2.95. The summed E-state index contributed by atoms with van der Waals surface area (Å²) in [5.41, 5.74) is 3.45. The van der Waals surface area contributed by atoms with E-state index in [0.717, 1.165) is 16.0 Å². The Bertz CT molecular complexity index is 883. The van der Waals surface area contributed by atoms with E-state index in [4.69, 9.17) is 0 Å². The van der Waals surface area contributed by atoms with Gasteiger partial charge in [0.1, 0.15) is 6.04 Å². The Labute approximate surface area is 159 Å². The first-order valence-corrected chi connectivity index (χ1v) is 9.15. The Morgan fingerprint density at radius 2 is 1.56 bits per heavy atom. The third kappa shape index (κ3) is 3.50. The van der Waals surface area contributed by atoms with Crippen molar-refractivity contribution in [3.05, 3.63) is 64.7 Å². The Kier molecular flexibility index (Phi) is 5.13. The predicted molar refractivity (Wildman–Crippen MR) is 105 cm³/mol. The first-order chi connectivity index (χ1) is 12.8. The summed E-state index contributed by atoms with van der Waals surface area (Å²) in [6, 6.07) is 11.5. The average Bonchev–Trinajstić information content (AvgIpc) is 2.88. The van der Waals surface area contributed by atoms with Crippen LogP contribution < -0.4 is 5.32 Å². The van der Waals surface area contributed by atoms with Gasteiger partial charge in [0.2, 0.25) is 5.91 Å². The summed E-state index contributed by atoms with van der Waals surface area (Å²) in [7, 11) is 0. The quantitative estimate of drug-likeness (QED) is 0.817. The van der Waals surface area contributed by atoms with Gasteiger partial charge in [-0.2, -0.15) is 0 Å². The highest BCUT2D eigenvalue weighted by atomic mass is 16.2. The summed E-state index contributed by atoms with van der Waals surface area (Å²) in [6.07, 6.45) is 0.405. The van der Waals surface area contributed by atoms with Crippen LogP contribution >= 0.6 is 0 Å². The highest BCUT2D eigenvalue weighted by molar-refractivity contribution is 6.23. The number of nitrogens with one attached hydrogen (secondary N) is 1. The number of fused-ring (bicyclic) bond motifs is 1. The molecule has 3 rings (SSSR count). The molecule has 0 fully saturated rings. The molecule has 0 aromatic heterocycles. The third-order valence-corrected chi connectivity index (χ3v) is 5.00. The van der Waals surface area contributed by atoms with Crippen LogP contribution in [0.25, 0.3) is 0 Å². The number of anilines is 1. The Morgan fingerprint density at radius 3 is 2.11 bits per heavy atom. The summed E-state index contributed by atoms with van der Waals surface area (Å²) < 4.78 is 0. The summed E-state index contributed by atoms with van der Waals surface area (Å²) >= 11 is 0. The smallest absolute Gasteiger partial charge is 0.262 e. The number of carbonyl (C=O) groups is 3. The predicted octanol–water partition coefficient (Wildman–Crippen LogP) is 3.95. The maximum atomic E-state index is 13.1. The average molecular weight is 364 g/mol. The molecule has 140 valence electrons. The van der Waals surface area contributed by atoms with E-state index in [1.165, 1.54) is 0 Å². The molecule has 0 radical (unpaired) electrons. The van der Waals surface area contributed by atoms with Crippen LogP contribution in [0.5, 0.6) is 0 Å². The highest BCUT2D eigenvalue weighted by Gasteiger charge is 2.42. The van der Waals surface area contributed by atoms with Crippen molar-refractivity contribution in [3.63, 3.8) is 0 Å². The lowest BCUT2D eigenvalue weighted by Crippen LogP contribution is -2.48. The fraction of sp³-hybridized carbons (Fsp3) is 0.318. The van der Waals surface area contributed by atoms with Gasteiger partial charge in [-0.15, -0.1) is 0 Å². The van der Waals surface area contributed by atoms with Crippen molar-refractivity contribution in [2.24, 2.45) is 5.92 Å². The van der Waals surface area contributed by atoms with E-state index in [-0.39, 0.29) is 11.8 Å². The zero-order valence-corrected chi connectivity index (χ0v) is 16.1. The van der Waals surface area contributed by atoms with Gasteiger partial charge in [0, 0.05) is 5.69 Å². The summed E-state index contributed by atoms with van der Waals surface area (Å²) in [4.78, 5) is 39.9. The third-order valence-electron chi connectivity index (χ3n) is 5.00. The van der Waals surface area contributed by atoms with E-state index in [9.17, 15) is 14.4 Å². The second kappa shape index (κ2) is 7.35. The van der Waals surface area contributed by atoms with Crippen LogP contribution in [0.2, 0.25) is 0 Å². The molecule has 0 saturated heterocycles. The van der Waals surface area contributed by atoms with Crippen LogP contribution in [0.3, 0.4) is 0 Å². The van der Waals surface area contributed by atoms with Gasteiger partial charge in [-0.3, -0.25) is 19.3 Å². The van der Waals surface area contributed by atoms with Crippen molar-refractivity contribution in [2.45, 2.75) is 40.2 Å². The lowest BCUT2D eigenvalue weighted by atomic mass is 10.0. The first kappa shape index (κ1) is 18.8. The fourth-order valence-corrected chi connectivity index (χ4v) is 3.37. The highest BCUT2D eigenvalue weighted by Crippen LogP contribution is 2.28. The van der Waals surface area contributed by atoms with E-state index in [1.54, 1.807) is 24.3 Å². The lowest BCUT2D eigenvalue weighted by Gasteiger charge is -2.27. The van der Waals surface area contributed by atoms with Gasteiger partial charge < -0.3 is 5.32 Å². The molecule has 2 aromatic carbocycles. The minimum atomic E-state index is -0.850. The molecular weight excluding hydrogens is 340 g/mol. The minimum absolute atomic E-state index is 0.142. The topological polar surface area (TPSA) is 66.5 Å². The molecule has 1 aliphatic rings. The molecule has 0 saturated carbocycles. The van der Waals surface area contributed by atoms with Gasteiger partial charge in [-0.25, -0.2) is 0 Å². The summed E-state index contributed by atoms with van der Waals surface area (Å²) in [6.45, 7) is 7.85. The van der Waals surface area contributed by atoms with Crippen molar-refractivity contribution in [1.29, 1.82) is 0 Å². The summed E-state index contributed by atoms with van der Waals surface area (Å²) in [5.74, 6) is -1.01. The molecule has 1 atom stereocenters. The maximum Gasteiger partial charge on any atom is 0.262 e. The maximum absolute atomic E-state index is 13.1.